The average Bonchev–Trinajstić information content (AvgIpc) is 3.05. The fourth-order valence-corrected chi connectivity index (χ4v) is 2.76. The summed E-state index contributed by atoms with van der Waals surface area (Å²) in [5.74, 6) is -0.874. The zero-order valence-electron chi connectivity index (χ0n) is 10.7. The molecule has 0 spiro atoms. The Bertz CT molecular complexity index is 730. The number of halogens is 4. The summed E-state index contributed by atoms with van der Waals surface area (Å²) in [6, 6.07) is 0.639. The zero-order chi connectivity index (χ0) is 15.9. The van der Waals surface area contributed by atoms with Crippen LogP contribution in [0.5, 0.6) is 0 Å². The van der Waals surface area contributed by atoms with Gasteiger partial charge >= 0.3 is 6.18 Å². The third kappa shape index (κ3) is 2.73. The second-order valence-electron chi connectivity index (χ2n) is 4.53. The summed E-state index contributed by atoms with van der Waals surface area (Å²) in [5, 5.41) is 5.86. The summed E-state index contributed by atoms with van der Waals surface area (Å²) < 4.78 is 50.6. The van der Waals surface area contributed by atoms with Crippen LogP contribution in [0.15, 0.2) is 17.6 Å². The number of fused-ring (bicyclic) bond motifs is 1. The Morgan fingerprint density at radius 1 is 1.45 bits per heavy atom. The first kappa shape index (κ1) is 14.7. The normalized spacial score (nSPS) is 17.0. The summed E-state index contributed by atoms with van der Waals surface area (Å²) in [7, 11) is 0. The molecule has 5 nitrogen and oxygen atoms in total. The molecule has 10 heteroatoms. The lowest BCUT2D eigenvalue weighted by atomic mass is 10.1. The number of thiazole rings is 1. The molecule has 3 rings (SSSR count). The van der Waals surface area contributed by atoms with Crippen molar-refractivity contribution in [1.82, 2.24) is 15.3 Å². The van der Waals surface area contributed by atoms with E-state index in [9.17, 15) is 22.4 Å². The van der Waals surface area contributed by atoms with Gasteiger partial charge in [-0.1, -0.05) is 0 Å². The molecule has 0 aromatic carbocycles. The van der Waals surface area contributed by atoms with Gasteiger partial charge in [-0.3, -0.25) is 4.79 Å². The third-order valence-electron chi connectivity index (χ3n) is 3.03. The predicted molar refractivity (Wildman–Crippen MR) is 70.0 cm³/mol. The van der Waals surface area contributed by atoms with Crippen LogP contribution in [0.25, 0.3) is 0 Å². The topological polar surface area (TPSA) is 66.9 Å². The monoisotopic (exact) mass is 332 g/mol. The standard InChI is InChI=1S/C12H8F4N4OS/c13-5-1-6-7(3-18-9(6)17-2-5)19-10(21)11-20-8(4-22-11)12(14,15)16/h1-2,4,7H,3H2,(H,17,18)(H,19,21). The van der Waals surface area contributed by atoms with Crippen molar-refractivity contribution < 1.29 is 22.4 Å². The van der Waals surface area contributed by atoms with E-state index in [1.807, 2.05) is 0 Å². The van der Waals surface area contributed by atoms with Gasteiger partial charge in [0.25, 0.3) is 5.91 Å². The number of anilines is 1. The molecule has 116 valence electrons. The van der Waals surface area contributed by atoms with E-state index in [1.54, 1.807) is 0 Å². The molecule has 1 unspecified atom stereocenters. The number of carbonyl (C=O) groups excluding carboxylic acids is 1. The second kappa shape index (κ2) is 5.20. The second-order valence-corrected chi connectivity index (χ2v) is 5.39. The molecule has 1 amide bonds. The number of rotatable bonds is 2. The minimum atomic E-state index is -4.59. The molecular formula is C12H8F4N4OS. The highest BCUT2D eigenvalue weighted by Gasteiger charge is 2.35. The van der Waals surface area contributed by atoms with E-state index in [1.165, 1.54) is 6.07 Å². The predicted octanol–water partition coefficient (Wildman–Crippen LogP) is 2.59. The molecule has 0 saturated heterocycles. The van der Waals surface area contributed by atoms with Crippen LogP contribution in [0.2, 0.25) is 0 Å². The van der Waals surface area contributed by atoms with Gasteiger partial charge in [-0.05, 0) is 6.07 Å². The van der Waals surface area contributed by atoms with Gasteiger partial charge in [0.2, 0.25) is 0 Å². The number of nitrogens with zero attached hydrogens (tertiary/aromatic N) is 2. The Hall–Kier alpha value is -2.23. The van der Waals surface area contributed by atoms with Crippen LogP contribution in [-0.4, -0.2) is 22.4 Å². The Balaban J connectivity index is 1.76. The van der Waals surface area contributed by atoms with E-state index in [4.69, 9.17) is 0 Å². The maximum atomic E-state index is 13.2. The SMILES string of the molecule is O=C(NC1CNc2ncc(F)cc21)c1nc(C(F)(F)F)cs1. The minimum Gasteiger partial charge on any atom is -0.367 e. The van der Waals surface area contributed by atoms with Crippen molar-refractivity contribution in [3.05, 3.63) is 39.7 Å². The quantitative estimate of drug-likeness (QED) is 0.830. The van der Waals surface area contributed by atoms with Crippen LogP contribution in [-0.2, 0) is 6.18 Å². The number of carbonyl (C=O) groups is 1. The summed E-state index contributed by atoms with van der Waals surface area (Å²) in [5.41, 5.74) is -0.666. The molecule has 1 aliphatic heterocycles. The molecule has 0 bridgehead atoms. The van der Waals surface area contributed by atoms with Gasteiger partial charge in [-0.15, -0.1) is 11.3 Å². The summed E-state index contributed by atoms with van der Waals surface area (Å²) in [4.78, 5) is 19.1. The molecule has 0 aliphatic carbocycles. The molecule has 0 fully saturated rings. The summed E-state index contributed by atoms with van der Waals surface area (Å²) >= 11 is 0.599. The molecule has 0 saturated carbocycles. The third-order valence-corrected chi connectivity index (χ3v) is 3.87. The molecule has 2 aromatic rings. The first-order valence-electron chi connectivity index (χ1n) is 6.07. The Morgan fingerprint density at radius 3 is 2.91 bits per heavy atom. The molecule has 22 heavy (non-hydrogen) atoms. The molecule has 1 atom stereocenters. The Kier molecular flexibility index (Phi) is 3.47. The average molecular weight is 332 g/mol. The number of alkyl halides is 3. The lowest BCUT2D eigenvalue weighted by molar-refractivity contribution is -0.140. The van der Waals surface area contributed by atoms with Crippen LogP contribution >= 0.6 is 11.3 Å². The van der Waals surface area contributed by atoms with E-state index in [-0.39, 0.29) is 11.6 Å². The van der Waals surface area contributed by atoms with Crippen molar-refractivity contribution in [3.8, 4) is 0 Å². The van der Waals surface area contributed by atoms with Gasteiger partial charge in [0.05, 0.1) is 12.2 Å². The first-order valence-corrected chi connectivity index (χ1v) is 6.95. The van der Waals surface area contributed by atoms with Gasteiger partial charge in [-0.25, -0.2) is 14.4 Å². The van der Waals surface area contributed by atoms with Crippen LogP contribution in [0, 0.1) is 5.82 Å². The fraction of sp³-hybridized carbons (Fsp3) is 0.250. The fourth-order valence-electron chi connectivity index (χ4n) is 2.03. The lowest BCUT2D eigenvalue weighted by Crippen LogP contribution is -2.29. The maximum Gasteiger partial charge on any atom is 0.434 e. The summed E-state index contributed by atoms with van der Waals surface area (Å²) in [6.45, 7) is 0.273. The smallest absolute Gasteiger partial charge is 0.367 e. The maximum absolute atomic E-state index is 13.2. The number of nitrogens with one attached hydrogen (secondary N) is 2. The van der Waals surface area contributed by atoms with Crippen molar-refractivity contribution >= 4 is 23.1 Å². The van der Waals surface area contributed by atoms with Gasteiger partial charge in [0.1, 0.15) is 11.6 Å². The van der Waals surface area contributed by atoms with Crippen molar-refractivity contribution in [1.29, 1.82) is 0 Å². The lowest BCUT2D eigenvalue weighted by Gasteiger charge is -2.11. The molecule has 0 radical (unpaired) electrons. The zero-order valence-corrected chi connectivity index (χ0v) is 11.6. The summed E-state index contributed by atoms with van der Waals surface area (Å²) in [6.07, 6.45) is -3.56. The first-order chi connectivity index (χ1) is 10.3. The van der Waals surface area contributed by atoms with Crippen LogP contribution in [0.1, 0.15) is 27.1 Å². The van der Waals surface area contributed by atoms with Crippen LogP contribution in [0.3, 0.4) is 0 Å². The molecule has 3 heterocycles. The van der Waals surface area contributed by atoms with Crippen molar-refractivity contribution in [2.24, 2.45) is 0 Å². The van der Waals surface area contributed by atoms with Crippen LogP contribution < -0.4 is 10.6 Å². The molecule has 1 aliphatic rings. The van der Waals surface area contributed by atoms with E-state index in [2.05, 4.69) is 20.6 Å². The largest absolute Gasteiger partial charge is 0.434 e. The van der Waals surface area contributed by atoms with E-state index >= 15 is 0 Å². The van der Waals surface area contributed by atoms with Gasteiger partial charge in [0.15, 0.2) is 10.7 Å². The number of amides is 1. The number of pyridine rings is 1. The van der Waals surface area contributed by atoms with E-state index in [0.29, 0.717) is 22.7 Å². The van der Waals surface area contributed by atoms with E-state index < -0.39 is 29.6 Å². The number of hydrogen-bond donors (Lipinski definition) is 2. The highest BCUT2D eigenvalue weighted by molar-refractivity contribution is 7.11. The van der Waals surface area contributed by atoms with Gasteiger partial charge < -0.3 is 10.6 Å². The minimum absolute atomic E-state index is 0.273. The molecule has 2 N–H and O–H groups in total. The van der Waals surface area contributed by atoms with Gasteiger partial charge in [0, 0.05) is 17.5 Å². The van der Waals surface area contributed by atoms with Crippen molar-refractivity contribution in [2.75, 3.05) is 11.9 Å². The van der Waals surface area contributed by atoms with Crippen molar-refractivity contribution in [2.45, 2.75) is 12.2 Å². The number of hydrogen-bond acceptors (Lipinski definition) is 5. The molecular weight excluding hydrogens is 324 g/mol. The Morgan fingerprint density at radius 2 is 2.23 bits per heavy atom. The highest BCUT2D eigenvalue weighted by atomic mass is 32.1. The molecule has 2 aromatic heterocycles. The van der Waals surface area contributed by atoms with Crippen LogP contribution in [0.4, 0.5) is 23.4 Å². The van der Waals surface area contributed by atoms with Crippen molar-refractivity contribution in [3.63, 3.8) is 0 Å². The number of aromatic nitrogens is 2. The van der Waals surface area contributed by atoms with E-state index in [0.717, 1.165) is 11.6 Å². The van der Waals surface area contributed by atoms with Gasteiger partial charge in [-0.2, -0.15) is 13.2 Å². The highest BCUT2D eigenvalue weighted by Crippen LogP contribution is 2.31. The Labute approximate surface area is 125 Å².